The molecule has 24 heavy (non-hydrogen) atoms. The number of carboxylic acids is 1. The summed E-state index contributed by atoms with van der Waals surface area (Å²) in [6.07, 6.45) is -0.0308. The molecular weight excluding hydrogens is 370 g/mol. The van der Waals surface area contributed by atoms with Gasteiger partial charge in [0.05, 0.1) is 12.9 Å². The van der Waals surface area contributed by atoms with Gasteiger partial charge < -0.3 is 20.0 Å². The SMILES string of the molecule is COc1ccc(NC(=O)CSc2nnc(SCCC(=O)[O-])s2)cc1. The fourth-order valence-corrected chi connectivity index (χ4v) is 4.34. The van der Waals surface area contributed by atoms with Crippen molar-refractivity contribution < 1.29 is 19.4 Å². The predicted molar refractivity (Wildman–Crippen MR) is 92.6 cm³/mol. The van der Waals surface area contributed by atoms with Crippen LogP contribution in [0.25, 0.3) is 0 Å². The average molecular weight is 384 g/mol. The highest BCUT2D eigenvalue weighted by atomic mass is 32.2. The van der Waals surface area contributed by atoms with Crippen molar-refractivity contribution in [2.75, 3.05) is 23.9 Å². The van der Waals surface area contributed by atoms with Crippen molar-refractivity contribution in [3.05, 3.63) is 24.3 Å². The zero-order valence-electron chi connectivity index (χ0n) is 12.7. The van der Waals surface area contributed by atoms with E-state index >= 15 is 0 Å². The number of nitrogens with one attached hydrogen (secondary N) is 1. The number of nitrogens with zero attached hydrogens (tertiary/aromatic N) is 2. The summed E-state index contributed by atoms with van der Waals surface area (Å²) in [6, 6.07) is 7.06. The largest absolute Gasteiger partial charge is 0.550 e. The number of rotatable bonds is 9. The molecule has 0 aliphatic carbocycles. The van der Waals surface area contributed by atoms with Crippen LogP contribution >= 0.6 is 34.9 Å². The summed E-state index contributed by atoms with van der Waals surface area (Å²) in [4.78, 5) is 22.3. The third-order valence-electron chi connectivity index (χ3n) is 2.62. The van der Waals surface area contributed by atoms with Crippen molar-refractivity contribution in [1.82, 2.24) is 10.2 Å². The Kier molecular flexibility index (Phi) is 7.35. The van der Waals surface area contributed by atoms with Crippen LogP contribution in [-0.2, 0) is 9.59 Å². The van der Waals surface area contributed by atoms with Crippen LogP contribution in [0.15, 0.2) is 32.9 Å². The Morgan fingerprint density at radius 1 is 1.21 bits per heavy atom. The maximum Gasteiger partial charge on any atom is 0.234 e. The minimum atomic E-state index is -1.09. The first-order valence-corrected chi connectivity index (χ1v) is 9.58. The molecule has 1 aromatic heterocycles. The number of thioether (sulfide) groups is 2. The summed E-state index contributed by atoms with van der Waals surface area (Å²) < 4.78 is 6.39. The van der Waals surface area contributed by atoms with E-state index in [1.165, 1.54) is 34.9 Å². The quantitative estimate of drug-likeness (QED) is 0.649. The Balaban J connectivity index is 1.75. The molecular formula is C14H14N3O4S3-. The Hall–Kier alpha value is -1.78. The van der Waals surface area contributed by atoms with Crippen molar-refractivity contribution in [1.29, 1.82) is 0 Å². The second kappa shape index (κ2) is 9.50. The van der Waals surface area contributed by atoms with Gasteiger partial charge in [0.15, 0.2) is 8.68 Å². The number of carbonyl (C=O) groups is 2. The molecule has 0 aliphatic rings. The van der Waals surface area contributed by atoms with E-state index in [2.05, 4.69) is 15.5 Å². The Labute approximate surface area is 151 Å². The lowest BCUT2D eigenvalue weighted by Gasteiger charge is -2.05. The van der Waals surface area contributed by atoms with E-state index in [0.717, 1.165) is 5.75 Å². The molecule has 128 valence electrons. The lowest BCUT2D eigenvalue weighted by Crippen LogP contribution is -2.22. The van der Waals surface area contributed by atoms with Crippen LogP contribution in [0.5, 0.6) is 5.75 Å². The zero-order chi connectivity index (χ0) is 17.4. The molecule has 2 aromatic rings. The van der Waals surface area contributed by atoms with E-state index in [1.807, 2.05) is 0 Å². The van der Waals surface area contributed by atoms with Gasteiger partial charge in [0, 0.05) is 17.4 Å². The summed E-state index contributed by atoms with van der Waals surface area (Å²) in [5.74, 6) is 0.0903. The van der Waals surface area contributed by atoms with Crippen molar-refractivity contribution in [2.24, 2.45) is 0 Å². The van der Waals surface area contributed by atoms with E-state index in [9.17, 15) is 14.7 Å². The Morgan fingerprint density at radius 2 is 1.88 bits per heavy atom. The van der Waals surface area contributed by atoms with Crippen LogP contribution in [0.4, 0.5) is 5.69 Å². The first-order chi connectivity index (χ1) is 11.6. The number of hydrogen-bond donors (Lipinski definition) is 1. The normalized spacial score (nSPS) is 10.4. The monoisotopic (exact) mass is 384 g/mol. The molecule has 0 bridgehead atoms. The van der Waals surface area contributed by atoms with Crippen LogP contribution in [0.3, 0.4) is 0 Å². The van der Waals surface area contributed by atoms with Crippen LogP contribution in [0, 0.1) is 0 Å². The molecule has 1 aromatic carbocycles. The van der Waals surface area contributed by atoms with Crippen molar-refractivity contribution in [3.8, 4) is 5.75 Å². The molecule has 1 heterocycles. The van der Waals surface area contributed by atoms with Gasteiger partial charge in [-0.3, -0.25) is 4.79 Å². The standard InChI is InChI=1S/C14H15N3O4S3/c1-21-10-4-2-9(3-5-10)15-11(18)8-23-14-17-16-13(24-14)22-7-6-12(19)20/h2-5H,6-8H2,1H3,(H,15,18)(H,19,20)/p-1. The fourth-order valence-electron chi connectivity index (χ4n) is 1.53. The number of hydrogen-bond acceptors (Lipinski definition) is 9. The maximum atomic E-state index is 11.9. The minimum absolute atomic E-state index is 0.0308. The van der Waals surface area contributed by atoms with Crippen LogP contribution < -0.4 is 15.2 Å². The molecule has 0 saturated carbocycles. The van der Waals surface area contributed by atoms with Gasteiger partial charge in [-0.1, -0.05) is 34.9 Å². The number of aromatic nitrogens is 2. The van der Waals surface area contributed by atoms with Crippen LogP contribution in [0.1, 0.15) is 6.42 Å². The Morgan fingerprint density at radius 3 is 2.50 bits per heavy atom. The van der Waals surface area contributed by atoms with Crippen molar-refractivity contribution in [2.45, 2.75) is 15.1 Å². The number of anilines is 1. The van der Waals surface area contributed by atoms with E-state index < -0.39 is 5.97 Å². The molecule has 0 aliphatic heterocycles. The number of benzene rings is 1. The number of aliphatic carboxylic acids is 1. The smallest absolute Gasteiger partial charge is 0.234 e. The third kappa shape index (κ3) is 6.38. The number of methoxy groups -OCH3 is 1. The molecule has 0 spiro atoms. The molecule has 10 heteroatoms. The van der Waals surface area contributed by atoms with Gasteiger partial charge in [-0.15, -0.1) is 10.2 Å². The molecule has 0 saturated heterocycles. The second-order valence-corrected chi connectivity index (χ2v) is 7.91. The number of amides is 1. The molecule has 7 nitrogen and oxygen atoms in total. The average Bonchev–Trinajstić information content (AvgIpc) is 3.01. The van der Waals surface area contributed by atoms with Gasteiger partial charge in [0.25, 0.3) is 0 Å². The van der Waals surface area contributed by atoms with Gasteiger partial charge in [-0.05, 0) is 30.7 Å². The van der Waals surface area contributed by atoms with Gasteiger partial charge >= 0.3 is 0 Å². The molecule has 0 atom stereocenters. The van der Waals surface area contributed by atoms with Crippen LogP contribution in [-0.4, -0.2) is 40.7 Å². The van der Waals surface area contributed by atoms with Gasteiger partial charge in [-0.2, -0.15) is 0 Å². The highest BCUT2D eigenvalue weighted by Gasteiger charge is 2.09. The van der Waals surface area contributed by atoms with Crippen molar-refractivity contribution in [3.63, 3.8) is 0 Å². The molecule has 0 fully saturated rings. The lowest BCUT2D eigenvalue weighted by atomic mass is 10.3. The molecule has 0 unspecified atom stereocenters. The van der Waals surface area contributed by atoms with Gasteiger partial charge in [-0.25, -0.2) is 0 Å². The first-order valence-electron chi connectivity index (χ1n) is 6.79. The molecule has 1 N–H and O–H groups in total. The Bertz CT molecular complexity index is 691. The van der Waals surface area contributed by atoms with E-state index in [4.69, 9.17) is 4.74 Å². The fraction of sp³-hybridized carbons (Fsp3) is 0.286. The van der Waals surface area contributed by atoms with Gasteiger partial charge in [0.2, 0.25) is 5.91 Å². The number of carboxylic acid groups (broad SMARTS) is 1. The molecule has 2 rings (SSSR count). The van der Waals surface area contributed by atoms with Crippen LogP contribution in [0.2, 0.25) is 0 Å². The first kappa shape index (κ1) is 18.6. The molecule has 1 amide bonds. The third-order valence-corrected chi connectivity index (χ3v) is 5.81. The highest BCUT2D eigenvalue weighted by Crippen LogP contribution is 2.29. The number of carbonyl (C=O) groups excluding carboxylic acids is 2. The molecule has 0 radical (unpaired) electrons. The summed E-state index contributed by atoms with van der Waals surface area (Å²) in [7, 11) is 1.58. The lowest BCUT2D eigenvalue weighted by molar-refractivity contribution is -0.305. The second-order valence-electron chi connectivity index (χ2n) is 4.37. The number of ether oxygens (including phenoxy) is 1. The predicted octanol–water partition coefficient (Wildman–Crippen LogP) is 1.51. The topological polar surface area (TPSA) is 104 Å². The van der Waals surface area contributed by atoms with E-state index in [1.54, 1.807) is 31.4 Å². The van der Waals surface area contributed by atoms with Crippen molar-refractivity contribution >= 4 is 52.4 Å². The summed E-state index contributed by atoms with van der Waals surface area (Å²) in [6.45, 7) is 0. The maximum absolute atomic E-state index is 11.9. The summed E-state index contributed by atoms with van der Waals surface area (Å²) in [5, 5.41) is 21.0. The minimum Gasteiger partial charge on any atom is -0.550 e. The van der Waals surface area contributed by atoms with E-state index in [0.29, 0.717) is 20.1 Å². The van der Waals surface area contributed by atoms with E-state index in [-0.39, 0.29) is 18.1 Å². The highest BCUT2D eigenvalue weighted by molar-refractivity contribution is 8.03. The summed E-state index contributed by atoms with van der Waals surface area (Å²) in [5.41, 5.74) is 0.692. The summed E-state index contributed by atoms with van der Waals surface area (Å²) >= 11 is 3.92. The zero-order valence-corrected chi connectivity index (χ0v) is 15.1. The van der Waals surface area contributed by atoms with Gasteiger partial charge in [0.1, 0.15) is 5.75 Å².